The normalized spacial score (nSPS) is 16.9. The summed E-state index contributed by atoms with van der Waals surface area (Å²) in [5, 5.41) is 0. The minimum Gasteiger partial charge on any atom is -0.364 e. The Balaban J connectivity index is 2.13. The van der Waals surface area contributed by atoms with Crippen molar-refractivity contribution in [1.29, 1.82) is 0 Å². The summed E-state index contributed by atoms with van der Waals surface area (Å²) in [6.45, 7) is 9.27. The molecule has 1 aromatic carbocycles. The van der Waals surface area contributed by atoms with Crippen LogP contribution in [0.25, 0.3) is 0 Å². The van der Waals surface area contributed by atoms with Gasteiger partial charge in [-0.1, -0.05) is 26.8 Å². The van der Waals surface area contributed by atoms with E-state index in [0.717, 1.165) is 18.4 Å². The molecule has 0 N–H and O–H groups in total. The van der Waals surface area contributed by atoms with E-state index in [1.54, 1.807) is 0 Å². The molecule has 1 atom stereocenters. The predicted molar refractivity (Wildman–Crippen MR) is 68.7 cm³/mol. The maximum Gasteiger partial charge on any atom is 0.0915 e. The first-order valence-electron chi connectivity index (χ1n) is 6.34. The topological polar surface area (TPSA) is 3.24 Å². The van der Waals surface area contributed by atoms with Crippen LogP contribution >= 0.6 is 0 Å². The van der Waals surface area contributed by atoms with Gasteiger partial charge in [0.25, 0.3) is 0 Å². The van der Waals surface area contributed by atoms with Gasteiger partial charge in [0.2, 0.25) is 0 Å². The van der Waals surface area contributed by atoms with E-state index in [1.807, 2.05) is 6.07 Å². The van der Waals surface area contributed by atoms with Gasteiger partial charge in [0.15, 0.2) is 0 Å². The number of anilines is 1. The molecule has 0 aliphatic carbocycles. The second-order valence-electron chi connectivity index (χ2n) is 5.25. The van der Waals surface area contributed by atoms with E-state index in [-0.39, 0.29) is 0 Å². The minimum atomic E-state index is 0.736. The summed E-state index contributed by atoms with van der Waals surface area (Å²) in [4.78, 5) is 2.49. The lowest BCUT2D eigenvalue weighted by Gasteiger charge is -2.33. The number of nitrogens with zero attached hydrogens (tertiary/aromatic N) is 1. The Kier molecular flexibility index (Phi) is 3.39. The van der Waals surface area contributed by atoms with Crippen molar-refractivity contribution in [3.05, 3.63) is 29.8 Å². The van der Waals surface area contributed by atoms with E-state index in [9.17, 15) is 0 Å². The fraction of sp³-hybridized carbons (Fsp3) is 0.600. The molecule has 1 aromatic rings. The van der Waals surface area contributed by atoms with Crippen molar-refractivity contribution in [2.24, 2.45) is 11.8 Å². The van der Waals surface area contributed by atoms with E-state index in [1.165, 1.54) is 30.6 Å². The van der Waals surface area contributed by atoms with E-state index < -0.39 is 0 Å². The Morgan fingerprint density at radius 3 is 2.94 bits per heavy atom. The first-order valence-corrected chi connectivity index (χ1v) is 6.34. The Morgan fingerprint density at radius 1 is 1.38 bits per heavy atom. The number of fused-ring (bicyclic) bond motifs is 1. The summed E-state index contributed by atoms with van der Waals surface area (Å²) in [7, 11) is 0. The Labute approximate surface area is 99.5 Å². The summed E-state index contributed by atoms with van der Waals surface area (Å²) in [6.07, 6.45) is 2.47. The van der Waals surface area contributed by atoms with E-state index in [0.29, 0.717) is 0 Å². The summed E-state index contributed by atoms with van der Waals surface area (Å²) in [5.41, 5.74) is 2.74. The highest BCUT2D eigenvalue weighted by Crippen LogP contribution is 2.26. The average molecular weight is 215 g/mol. The molecule has 0 saturated heterocycles. The fourth-order valence-corrected chi connectivity index (χ4v) is 2.21. The number of hydrogen-bond donors (Lipinski definition) is 0. The van der Waals surface area contributed by atoms with Gasteiger partial charge in [0.05, 0.1) is 5.69 Å². The van der Waals surface area contributed by atoms with Gasteiger partial charge < -0.3 is 4.90 Å². The molecule has 0 aromatic heterocycles. The maximum atomic E-state index is 3.28. The summed E-state index contributed by atoms with van der Waals surface area (Å²) in [5.74, 6) is 1.48. The molecule has 1 heterocycles. The van der Waals surface area contributed by atoms with Crippen LogP contribution in [-0.4, -0.2) is 13.1 Å². The van der Waals surface area contributed by atoms with Crippen LogP contribution in [0.4, 0.5) is 5.69 Å². The lowest BCUT2D eigenvalue weighted by Crippen LogP contribution is -2.34. The zero-order chi connectivity index (χ0) is 11.5. The molecule has 2 rings (SSSR count). The van der Waals surface area contributed by atoms with Crippen LogP contribution in [-0.2, 0) is 6.42 Å². The third-order valence-corrected chi connectivity index (χ3v) is 3.70. The second-order valence-corrected chi connectivity index (χ2v) is 5.25. The first kappa shape index (κ1) is 11.3. The SMILES string of the molecule is CC(C)C(C)CN1CCCc2ccc#cc21. The molecular formula is C15H21N. The average Bonchev–Trinajstić information content (AvgIpc) is 2.29. The highest BCUT2D eigenvalue weighted by Gasteiger charge is 2.19. The van der Waals surface area contributed by atoms with Crippen molar-refractivity contribution < 1.29 is 0 Å². The molecular weight excluding hydrogens is 194 g/mol. The van der Waals surface area contributed by atoms with E-state index in [2.05, 4.69) is 43.9 Å². The molecule has 86 valence electrons. The monoisotopic (exact) mass is 215 g/mol. The van der Waals surface area contributed by atoms with Gasteiger partial charge in [0, 0.05) is 13.1 Å². The maximum absolute atomic E-state index is 3.28. The van der Waals surface area contributed by atoms with Gasteiger partial charge in [-0.15, -0.1) is 0 Å². The number of aryl methyl sites for hydroxylation is 1. The molecule has 16 heavy (non-hydrogen) atoms. The molecule has 0 spiro atoms. The van der Waals surface area contributed by atoms with Crippen LogP contribution in [0, 0.1) is 24.0 Å². The highest BCUT2D eigenvalue weighted by atomic mass is 15.1. The number of hydrogen-bond acceptors (Lipinski definition) is 1. The predicted octanol–water partition coefficient (Wildman–Crippen LogP) is 3.33. The molecule has 0 bridgehead atoms. The van der Waals surface area contributed by atoms with Crippen LogP contribution in [0.5, 0.6) is 0 Å². The molecule has 0 saturated carbocycles. The van der Waals surface area contributed by atoms with Crippen molar-refractivity contribution in [3.8, 4) is 0 Å². The Bertz CT molecular complexity index is 343. The third kappa shape index (κ3) is 2.32. The largest absolute Gasteiger partial charge is 0.364 e. The lowest BCUT2D eigenvalue weighted by molar-refractivity contribution is 0.412. The fourth-order valence-electron chi connectivity index (χ4n) is 2.21. The molecule has 0 radical (unpaired) electrons. The van der Waals surface area contributed by atoms with Gasteiger partial charge in [-0.25, -0.2) is 0 Å². The zero-order valence-corrected chi connectivity index (χ0v) is 10.6. The first-order chi connectivity index (χ1) is 7.68. The van der Waals surface area contributed by atoms with Gasteiger partial charge in [-0.3, -0.25) is 0 Å². The highest BCUT2D eigenvalue weighted by molar-refractivity contribution is 5.52. The van der Waals surface area contributed by atoms with E-state index >= 15 is 0 Å². The lowest BCUT2D eigenvalue weighted by atomic mass is 9.95. The molecule has 1 heteroatoms. The van der Waals surface area contributed by atoms with Crippen molar-refractivity contribution in [3.63, 3.8) is 0 Å². The van der Waals surface area contributed by atoms with Crippen LogP contribution in [0.15, 0.2) is 12.1 Å². The van der Waals surface area contributed by atoms with Crippen LogP contribution < -0.4 is 4.90 Å². The summed E-state index contributed by atoms with van der Waals surface area (Å²) in [6, 6.07) is 10.5. The molecule has 1 aliphatic heterocycles. The summed E-state index contributed by atoms with van der Waals surface area (Å²) >= 11 is 0. The molecule has 0 amide bonds. The molecule has 1 unspecified atom stereocenters. The molecule has 0 fully saturated rings. The molecule has 1 aliphatic rings. The van der Waals surface area contributed by atoms with Gasteiger partial charge in [0.1, 0.15) is 0 Å². The van der Waals surface area contributed by atoms with Gasteiger partial charge >= 0.3 is 0 Å². The van der Waals surface area contributed by atoms with E-state index in [4.69, 9.17) is 0 Å². The molecule has 1 nitrogen and oxygen atoms in total. The van der Waals surface area contributed by atoms with Crippen molar-refractivity contribution in [2.45, 2.75) is 33.6 Å². The van der Waals surface area contributed by atoms with Gasteiger partial charge in [-0.2, -0.15) is 0 Å². The Morgan fingerprint density at radius 2 is 2.19 bits per heavy atom. The number of rotatable bonds is 3. The van der Waals surface area contributed by atoms with Crippen molar-refractivity contribution >= 4 is 5.69 Å². The van der Waals surface area contributed by atoms with Crippen LogP contribution in [0.3, 0.4) is 0 Å². The Hall–Kier alpha value is -1.16. The summed E-state index contributed by atoms with van der Waals surface area (Å²) < 4.78 is 0. The minimum absolute atomic E-state index is 0.736. The van der Waals surface area contributed by atoms with Crippen LogP contribution in [0.2, 0.25) is 0 Å². The third-order valence-electron chi connectivity index (χ3n) is 3.70. The quantitative estimate of drug-likeness (QED) is 0.747. The zero-order valence-electron chi connectivity index (χ0n) is 10.6. The van der Waals surface area contributed by atoms with Crippen molar-refractivity contribution in [1.82, 2.24) is 0 Å². The smallest absolute Gasteiger partial charge is 0.0915 e. The van der Waals surface area contributed by atoms with Crippen molar-refractivity contribution in [2.75, 3.05) is 18.0 Å². The standard InChI is InChI=1S/C15H21N/c1-12(2)13(3)11-16-10-6-8-14-7-4-5-9-15(14)16/h4,7,12-13H,6,8,10-11H2,1-3H3. The van der Waals surface area contributed by atoms with Crippen LogP contribution in [0.1, 0.15) is 32.8 Å². The van der Waals surface area contributed by atoms with Gasteiger partial charge in [-0.05, 0) is 48.4 Å². The second kappa shape index (κ2) is 4.78.